The lowest BCUT2D eigenvalue weighted by molar-refractivity contribution is 0.232. The average molecular weight is 286 g/mol. The van der Waals surface area contributed by atoms with E-state index in [-0.39, 0.29) is 0 Å². The molecule has 0 amide bonds. The summed E-state index contributed by atoms with van der Waals surface area (Å²) in [5, 5.41) is 6.75. The summed E-state index contributed by atoms with van der Waals surface area (Å²) in [4.78, 5) is 7.15. The third-order valence-electron chi connectivity index (χ3n) is 3.29. The van der Waals surface area contributed by atoms with Crippen molar-refractivity contribution in [3.63, 3.8) is 0 Å². The van der Waals surface area contributed by atoms with Gasteiger partial charge in [-0.05, 0) is 51.3 Å². The molecule has 0 atom stereocenters. The van der Waals surface area contributed by atoms with Crippen molar-refractivity contribution in [2.75, 3.05) is 51.3 Å². The number of nitrogens with zero attached hydrogens (tertiary/aromatic N) is 2. The van der Waals surface area contributed by atoms with E-state index in [0.717, 1.165) is 38.6 Å². The molecule has 19 heavy (non-hydrogen) atoms. The smallest absolute Gasteiger partial charge is 0.191 e. The summed E-state index contributed by atoms with van der Waals surface area (Å²) in [6, 6.07) is 0. The molecule has 0 bridgehead atoms. The quantitative estimate of drug-likeness (QED) is 0.405. The van der Waals surface area contributed by atoms with Crippen LogP contribution < -0.4 is 10.6 Å². The van der Waals surface area contributed by atoms with Crippen molar-refractivity contribution in [3.05, 3.63) is 0 Å². The van der Waals surface area contributed by atoms with E-state index in [2.05, 4.69) is 33.7 Å². The predicted octanol–water partition coefficient (Wildman–Crippen LogP) is 1.78. The lowest BCUT2D eigenvalue weighted by atomic mass is 10.1. The molecule has 0 aromatic heterocycles. The Morgan fingerprint density at radius 3 is 2.68 bits per heavy atom. The van der Waals surface area contributed by atoms with E-state index in [1.54, 1.807) is 0 Å². The molecule has 5 heteroatoms. The van der Waals surface area contributed by atoms with Crippen LogP contribution in [0.25, 0.3) is 0 Å². The van der Waals surface area contributed by atoms with Gasteiger partial charge in [-0.1, -0.05) is 6.42 Å². The molecule has 1 aliphatic rings. The zero-order valence-corrected chi connectivity index (χ0v) is 13.4. The second-order valence-electron chi connectivity index (χ2n) is 4.94. The van der Waals surface area contributed by atoms with Gasteiger partial charge in [-0.25, -0.2) is 0 Å². The monoisotopic (exact) mass is 286 g/mol. The molecule has 1 heterocycles. The Kier molecular flexibility index (Phi) is 9.99. The zero-order chi connectivity index (χ0) is 13.8. The predicted molar refractivity (Wildman–Crippen MR) is 87.3 cm³/mol. The fourth-order valence-corrected chi connectivity index (χ4v) is 2.67. The van der Waals surface area contributed by atoms with Gasteiger partial charge in [-0.15, -0.1) is 0 Å². The van der Waals surface area contributed by atoms with Crippen molar-refractivity contribution in [1.82, 2.24) is 15.5 Å². The molecule has 0 saturated carbocycles. The van der Waals surface area contributed by atoms with Gasteiger partial charge in [0, 0.05) is 26.2 Å². The second kappa shape index (κ2) is 11.4. The SMILES string of the molecule is CCNC(=NCCCSC)NCCN1CCCCC1. The molecule has 2 N–H and O–H groups in total. The fraction of sp³-hybridized carbons (Fsp3) is 0.929. The largest absolute Gasteiger partial charge is 0.357 e. The van der Waals surface area contributed by atoms with Crippen LogP contribution in [0.5, 0.6) is 0 Å². The Balaban J connectivity index is 2.16. The second-order valence-corrected chi connectivity index (χ2v) is 5.92. The molecule has 0 aliphatic carbocycles. The van der Waals surface area contributed by atoms with E-state index in [9.17, 15) is 0 Å². The van der Waals surface area contributed by atoms with Crippen LogP contribution in [0.2, 0.25) is 0 Å². The number of aliphatic imine (C=N–C) groups is 1. The fourth-order valence-electron chi connectivity index (χ4n) is 2.26. The highest BCUT2D eigenvalue weighted by Gasteiger charge is 2.09. The molecule has 0 aromatic rings. The number of nitrogens with one attached hydrogen (secondary N) is 2. The van der Waals surface area contributed by atoms with Crippen LogP contribution in [0, 0.1) is 0 Å². The highest BCUT2D eigenvalue weighted by molar-refractivity contribution is 7.98. The molecule has 1 aliphatic heterocycles. The summed E-state index contributed by atoms with van der Waals surface area (Å²) in [7, 11) is 0. The van der Waals surface area contributed by atoms with Crippen LogP contribution in [0.15, 0.2) is 4.99 Å². The van der Waals surface area contributed by atoms with Crippen molar-refractivity contribution < 1.29 is 0 Å². The Labute approximate surface area is 122 Å². The van der Waals surface area contributed by atoms with Gasteiger partial charge >= 0.3 is 0 Å². The van der Waals surface area contributed by atoms with Crippen LogP contribution >= 0.6 is 11.8 Å². The highest BCUT2D eigenvalue weighted by atomic mass is 32.2. The number of hydrogen-bond acceptors (Lipinski definition) is 3. The summed E-state index contributed by atoms with van der Waals surface area (Å²) in [6.07, 6.45) is 7.44. The summed E-state index contributed by atoms with van der Waals surface area (Å²) < 4.78 is 0. The van der Waals surface area contributed by atoms with Crippen molar-refractivity contribution in [3.8, 4) is 0 Å². The minimum Gasteiger partial charge on any atom is -0.357 e. The summed E-state index contributed by atoms with van der Waals surface area (Å²) >= 11 is 1.89. The van der Waals surface area contributed by atoms with Crippen molar-refractivity contribution in [2.45, 2.75) is 32.6 Å². The van der Waals surface area contributed by atoms with Gasteiger partial charge in [0.2, 0.25) is 0 Å². The standard InChI is InChI=1S/C14H30N4S/c1-3-15-14(16-8-7-13-19-2)17-9-12-18-10-5-4-6-11-18/h3-13H2,1-2H3,(H2,15,16,17). The van der Waals surface area contributed by atoms with E-state index in [4.69, 9.17) is 0 Å². The highest BCUT2D eigenvalue weighted by Crippen LogP contribution is 2.07. The van der Waals surface area contributed by atoms with E-state index in [1.165, 1.54) is 38.1 Å². The molecule has 1 saturated heterocycles. The molecule has 1 rings (SSSR count). The van der Waals surface area contributed by atoms with E-state index in [1.807, 2.05) is 11.8 Å². The maximum atomic E-state index is 4.60. The molecule has 0 spiro atoms. The molecule has 0 aromatic carbocycles. The van der Waals surface area contributed by atoms with Crippen LogP contribution in [0.3, 0.4) is 0 Å². The van der Waals surface area contributed by atoms with Gasteiger partial charge in [0.15, 0.2) is 5.96 Å². The number of guanidine groups is 1. The van der Waals surface area contributed by atoms with E-state index in [0.29, 0.717) is 0 Å². The van der Waals surface area contributed by atoms with Gasteiger partial charge in [0.25, 0.3) is 0 Å². The zero-order valence-electron chi connectivity index (χ0n) is 12.6. The molecule has 1 fully saturated rings. The van der Waals surface area contributed by atoms with Crippen LogP contribution in [-0.2, 0) is 0 Å². The van der Waals surface area contributed by atoms with Crippen LogP contribution in [-0.4, -0.2) is 62.1 Å². The Morgan fingerprint density at radius 2 is 2.00 bits per heavy atom. The lowest BCUT2D eigenvalue weighted by Gasteiger charge is -2.26. The van der Waals surface area contributed by atoms with Gasteiger partial charge in [-0.3, -0.25) is 4.99 Å². The molecular formula is C14H30N4S. The first-order valence-electron chi connectivity index (χ1n) is 7.60. The molecule has 0 radical (unpaired) electrons. The summed E-state index contributed by atoms with van der Waals surface area (Å²) in [5.41, 5.74) is 0. The number of rotatable bonds is 8. The number of thioether (sulfide) groups is 1. The third kappa shape index (κ3) is 8.37. The molecule has 4 nitrogen and oxygen atoms in total. The van der Waals surface area contributed by atoms with E-state index < -0.39 is 0 Å². The Hall–Kier alpha value is -0.420. The molecular weight excluding hydrogens is 256 g/mol. The summed E-state index contributed by atoms with van der Waals surface area (Å²) in [6.45, 7) is 8.62. The first-order chi connectivity index (χ1) is 9.36. The van der Waals surface area contributed by atoms with Gasteiger partial charge in [0.1, 0.15) is 0 Å². The van der Waals surface area contributed by atoms with Crippen LogP contribution in [0.4, 0.5) is 0 Å². The maximum Gasteiger partial charge on any atom is 0.191 e. The van der Waals surface area contributed by atoms with E-state index >= 15 is 0 Å². The van der Waals surface area contributed by atoms with Gasteiger partial charge in [0.05, 0.1) is 0 Å². The van der Waals surface area contributed by atoms with Gasteiger partial charge in [-0.2, -0.15) is 11.8 Å². The first kappa shape index (κ1) is 16.6. The van der Waals surface area contributed by atoms with Crippen molar-refractivity contribution in [2.24, 2.45) is 4.99 Å². The molecule has 0 unspecified atom stereocenters. The minimum atomic E-state index is 0.917. The third-order valence-corrected chi connectivity index (χ3v) is 3.99. The lowest BCUT2D eigenvalue weighted by Crippen LogP contribution is -2.42. The van der Waals surface area contributed by atoms with Gasteiger partial charge < -0.3 is 15.5 Å². The average Bonchev–Trinajstić information content (AvgIpc) is 2.44. The Bertz CT molecular complexity index is 240. The number of likely N-dealkylation sites (tertiary alicyclic amines) is 1. The summed E-state index contributed by atoms with van der Waals surface area (Å²) in [5.74, 6) is 2.16. The topological polar surface area (TPSA) is 39.7 Å². The van der Waals surface area contributed by atoms with Crippen LogP contribution in [0.1, 0.15) is 32.6 Å². The maximum absolute atomic E-state index is 4.60. The van der Waals surface area contributed by atoms with Crippen molar-refractivity contribution in [1.29, 1.82) is 0 Å². The normalized spacial score (nSPS) is 17.5. The number of hydrogen-bond donors (Lipinski definition) is 2. The Morgan fingerprint density at radius 1 is 1.21 bits per heavy atom. The molecule has 112 valence electrons. The van der Waals surface area contributed by atoms with Crippen molar-refractivity contribution >= 4 is 17.7 Å². The first-order valence-corrected chi connectivity index (χ1v) is 8.99. The minimum absolute atomic E-state index is 0.917. The number of piperidine rings is 1.